The summed E-state index contributed by atoms with van der Waals surface area (Å²) in [5.74, 6) is 1.59. The van der Waals surface area contributed by atoms with Gasteiger partial charge in [-0.2, -0.15) is 0 Å². The van der Waals surface area contributed by atoms with Crippen LogP contribution in [0.2, 0.25) is 0 Å². The summed E-state index contributed by atoms with van der Waals surface area (Å²) in [7, 11) is 3.52. The third-order valence-electron chi connectivity index (χ3n) is 4.61. The van der Waals surface area contributed by atoms with E-state index in [9.17, 15) is 9.59 Å². The van der Waals surface area contributed by atoms with Crippen molar-refractivity contribution in [2.75, 3.05) is 19.4 Å². The maximum absolute atomic E-state index is 12.4. The van der Waals surface area contributed by atoms with E-state index in [4.69, 9.17) is 4.74 Å². The highest BCUT2D eigenvalue weighted by Gasteiger charge is 2.34. The van der Waals surface area contributed by atoms with E-state index in [0.717, 1.165) is 22.3 Å². The molecule has 0 N–H and O–H groups in total. The summed E-state index contributed by atoms with van der Waals surface area (Å²) in [6, 6.07) is 14.5. The lowest BCUT2D eigenvalue weighted by Gasteiger charge is -2.13. The monoisotopic (exact) mass is 394 g/mol. The van der Waals surface area contributed by atoms with E-state index in [1.807, 2.05) is 35.9 Å². The molecule has 1 aliphatic heterocycles. The van der Waals surface area contributed by atoms with E-state index in [0.29, 0.717) is 23.4 Å². The van der Waals surface area contributed by atoms with Crippen molar-refractivity contribution >= 4 is 23.6 Å². The molecule has 8 heteroatoms. The minimum absolute atomic E-state index is 0.238. The fourth-order valence-corrected chi connectivity index (χ4v) is 3.94. The molecule has 2 heterocycles. The minimum atomic E-state index is -0.238. The van der Waals surface area contributed by atoms with E-state index < -0.39 is 0 Å². The van der Waals surface area contributed by atoms with Crippen molar-refractivity contribution in [3.8, 4) is 17.1 Å². The van der Waals surface area contributed by atoms with Crippen molar-refractivity contribution < 1.29 is 14.3 Å². The molecule has 1 aromatic heterocycles. The molecule has 4 rings (SSSR count). The lowest BCUT2D eigenvalue weighted by atomic mass is 10.1. The predicted octanol–water partition coefficient (Wildman–Crippen LogP) is 2.88. The van der Waals surface area contributed by atoms with E-state index in [1.165, 1.54) is 16.7 Å². The molecule has 0 aliphatic carbocycles. The van der Waals surface area contributed by atoms with Crippen LogP contribution in [-0.4, -0.2) is 50.9 Å². The first-order chi connectivity index (χ1) is 13.6. The third-order valence-corrected chi connectivity index (χ3v) is 5.61. The largest absolute Gasteiger partial charge is 0.497 e. The number of ether oxygens (including phenoxy) is 1. The fourth-order valence-electron chi connectivity index (χ4n) is 3.10. The standard InChI is InChI=1S/C20H18N4O3S/c1-23-17(13-7-9-14(27-2)10-8-13)21-22-20(23)28-12-11-24-18(25)15-5-3-4-6-16(15)19(24)26/h3-10H,11-12H2,1-2H3. The van der Waals surface area contributed by atoms with Crippen LogP contribution in [0.3, 0.4) is 0 Å². The number of hydrogen-bond acceptors (Lipinski definition) is 6. The van der Waals surface area contributed by atoms with Crippen LogP contribution in [0.25, 0.3) is 11.4 Å². The van der Waals surface area contributed by atoms with Gasteiger partial charge in [-0.1, -0.05) is 23.9 Å². The van der Waals surface area contributed by atoms with Gasteiger partial charge in [-0.3, -0.25) is 14.5 Å². The van der Waals surface area contributed by atoms with Crippen LogP contribution in [0.4, 0.5) is 0 Å². The average molecular weight is 394 g/mol. The second-order valence-corrected chi connectivity index (χ2v) is 7.31. The Morgan fingerprint density at radius 2 is 1.61 bits per heavy atom. The first kappa shape index (κ1) is 18.2. The van der Waals surface area contributed by atoms with Crippen LogP contribution in [0.5, 0.6) is 5.75 Å². The van der Waals surface area contributed by atoms with E-state index >= 15 is 0 Å². The molecule has 0 unspecified atom stereocenters. The molecule has 1 aliphatic rings. The second-order valence-electron chi connectivity index (χ2n) is 6.25. The van der Waals surface area contributed by atoms with Gasteiger partial charge in [0.05, 0.1) is 18.2 Å². The molecular formula is C20H18N4O3S. The first-order valence-corrected chi connectivity index (χ1v) is 9.70. The number of fused-ring (bicyclic) bond motifs is 1. The molecule has 2 aromatic carbocycles. The predicted molar refractivity (Wildman–Crippen MR) is 106 cm³/mol. The molecule has 142 valence electrons. The third kappa shape index (κ3) is 3.16. The quantitative estimate of drug-likeness (QED) is 0.473. The Labute approximate surface area is 166 Å². The molecule has 0 spiro atoms. The van der Waals surface area contributed by atoms with Gasteiger partial charge in [-0.25, -0.2) is 0 Å². The highest BCUT2D eigenvalue weighted by atomic mass is 32.2. The number of carbonyl (C=O) groups is 2. The number of carbonyl (C=O) groups excluding carboxylic acids is 2. The first-order valence-electron chi connectivity index (χ1n) is 8.72. The summed E-state index contributed by atoms with van der Waals surface area (Å²) in [5.41, 5.74) is 1.87. The summed E-state index contributed by atoms with van der Waals surface area (Å²) in [6.07, 6.45) is 0. The number of amides is 2. The Hall–Kier alpha value is -3.13. The average Bonchev–Trinajstić information content (AvgIpc) is 3.21. The number of benzene rings is 2. The summed E-state index contributed by atoms with van der Waals surface area (Å²) in [6.45, 7) is 0.321. The molecule has 2 amide bonds. The molecule has 3 aromatic rings. The smallest absolute Gasteiger partial charge is 0.261 e. The lowest BCUT2D eigenvalue weighted by Crippen LogP contribution is -2.31. The topological polar surface area (TPSA) is 77.3 Å². The van der Waals surface area contributed by atoms with Crippen LogP contribution in [0.15, 0.2) is 53.7 Å². The number of imide groups is 1. The van der Waals surface area contributed by atoms with Gasteiger partial charge >= 0.3 is 0 Å². The van der Waals surface area contributed by atoms with Gasteiger partial charge in [0.1, 0.15) is 5.75 Å². The van der Waals surface area contributed by atoms with Crippen LogP contribution >= 0.6 is 11.8 Å². The normalized spacial score (nSPS) is 13.1. The maximum Gasteiger partial charge on any atom is 0.261 e. The van der Waals surface area contributed by atoms with E-state index in [-0.39, 0.29) is 11.8 Å². The Kier molecular flexibility index (Phi) is 4.87. The van der Waals surface area contributed by atoms with Crippen molar-refractivity contribution in [1.29, 1.82) is 0 Å². The summed E-state index contributed by atoms with van der Waals surface area (Å²) in [4.78, 5) is 26.1. The molecule has 0 fully saturated rings. The van der Waals surface area contributed by atoms with Crippen molar-refractivity contribution in [2.24, 2.45) is 7.05 Å². The Morgan fingerprint density at radius 3 is 2.21 bits per heavy atom. The van der Waals surface area contributed by atoms with Crippen molar-refractivity contribution in [3.63, 3.8) is 0 Å². The second kappa shape index (κ2) is 7.47. The van der Waals surface area contributed by atoms with Crippen molar-refractivity contribution in [2.45, 2.75) is 5.16 Å². The molecule has 0 saturated heterocycles. The van der Waals surface area contributed by atoms with Crippen LogP contribution < -0.4 is 4.74 Å². The van der Waals surface area contributed by atoms with Gasteiger partial charge in [0, 0.05) is 24.9 Å². The van der Waals surface area contributed by atoms with Gasteiger partial charge in [-0.05, 0) is 36.4 Å². The lowest BCUT2D eigenvalue weighted by molar-refractivity contribution is 0.0664. The van der Waals surface area contributed by atoms with Gasteiger partial charge in [0.2, 0.25) is 0 Å². The number of hydrogen-bond donors (Lipinski definition) is 0. The molecule has 0 bridgehead atoms. The molecule has 7 nitrogen and oxygen atoms in total. The summed E-state index contributed by atoms with van der Waals surface area (Å²) >= 11 is 1.46. The van der Waals surface area contributed by atoms with Gasteiger partial charge in [0.15, 0.2) is 11.0 Å². The van der Waals surface area contributed by atoms with Crippen LogP contribution in [0, 0.1) is 0 Å². The summed E-state index contributed by atoms with van der Waals surface area (Å²) < 4.78 is 7.07. The minimum Gasteiger partial charge on any atom is -0.497 e. The fraction of sp³-hybridized carbons (Fsp3) is 0.200. The zero-order valence-electron chi connectivity index (χ0n) is 15.5. The zero-order chi connectivity index (χ0) is 19.7. The summed E-state index contributed by atoms with van der Waals surface area (Å²) in [5, 5.41) is 9.22. The molecular weight excluding hydrogens is 376 g/mol. The van der Waals surface area contributed by atoms with Gasteiger partial charge < -0.3 is 9.30 Å². The maximum atomic E-state index is 12.4. The molecule has 0 atom stereocenters. The number of rotatable bonds is 6. The highest BCUT2D eigenvalue weighted by molar-refractivity contribution is 7.99. The zero-order valence-corrected chi connectivity index (χ0v) is 16.3. The van der Waals surface area contributed by atoms with Gasteiger partial charge in [0.25, 0.3) is 11.8 Å². The van der Waals surface area contributed by atoms with Gasteiger partial charge in [-0.15, -0.1) is 10.2 Å². The number of thioether (sulfide) groups is 1. The number of nitrogens with zero attached hydrogens (tertiary/aromatic N) is 4. The Balaban J connectivity index is 1.42. The van der Waals surface area contributed by atoms with Crippen LogP contribution in [0.1, 0.15) is 20.7 Å². The Bertz CT molecular complexity index is 1010. The van der Waals surface area contributed by atoms with E-state index in [1.54, 1.807) is 31.4 Å². The van der Waals surface area contributed by atoms with Crippen molar-refractivity contribution in [1.82, 2.24) is 19.7 Å². The van der Waals surface area contributed by atoms with Crippen LogP contribution in [-0.2, 0) is 7.05 Å². The Morgan fingerprint density at radius 1 is 0.964 bits per heavy atom. The molecule has 0 saturated carbocycles. The van der Waals surface area contributed by atoms with E-state index in [2.05, 4.69) is 10.2 Å². The highest BCUT2D eigenvalue weighted by Crippen LogP contribution is 2.26. The SMILES string of the molecule is COc1ccc(-c2nnc(SCCN3C(=O)c4ccccc4C3=O)n2C)cc1. The van der Waals surface area contributed by atoms with Crippen molar-refractivity contribution in [3.05, 3.63) is 59.7 Å². The molecule has 0 radical (unpaired) electrons. The molecule has 28 heavy (non-hydrogen) atoms. The number of methoxy groups -OCH3 is 1. The number of aromatic nitrogens is 3.